The third-order valence-corrected chi connectivity index (χ3v) is 13.1. The number of piperazine rings is 1. The van der Waals surface area contributed by atoms with Crippen molar-refractivity contribution in [1.29, 1.82) is 0 Å². The maximum absolute atomic E-state index is 13.7. The van der Waals surface area contributed by atoms with E-state index in [-0.39, 0.29) is 12.4 Å². The Morgan fingerprint density at radius 3 is 1.72 bits per heavy atom. The first-order valence-corrected chi connectivity index (χ1v) is 22.6. The normalized spacial score (nSPS) is 14.7. The van der Waals surface area contributed by atoms with Gasteiger partial charge < -0.3 is 33.9 Å². The van der Waals surface area contributed by atoms with Gasteiger partial charge >= 0.3 is 0 Å². The van der Waals surface area contributed by atoms with Crippen molar-refractivity contribution in [1.82, 2.24) is 29.3 Å². The van der Waals surface area contributed by atoms with Gasteiger partial charge in [-0.3, -0.25) is 4.79 Å². The number of aromatic nitrogens is 4. The molecule has 0 atom stereocenters. The number of aryl methyl sites for hydroxylation is 2. The molecule has 0 bridgehead atoms. The molecule has 11 heteroatoms. The van der Waals surface area contributed by atoms with E-state index in [1.54, 1.807) is 0 Å². The van der Waals surface area contributed by atoms with Crippen LogP contribution in [-0.4, -0.2) is 82.7 Å². The van der Waals surface area contributed by atoms with Crippen LogP contribution in [-0.2, 0) is 25.9 Å². The minimum atomic E-state index is 0. The third kappa shape index (κ3) is 8.22. The standard InChI is InChI=1S/C53H56N8O2.ClH/c1-37-50(59-29-24-46-52(44-20-11-13-22-48(44)59)61(39(3)56-46)35-41-17-8-5-9-18-41)42(36-62)33-49(53(37)63-32-14-27-57-30-25-54-26-31-57)58-28-23-45-51(43-19-10-12-21-47(43)58)60(38(2)55-45)34-40-15-6-4-7-16-40;/h4-13,15-22,33,36,54H,14,23-32,34-35H2,1-3H3;1H. The fraction of sp³-hybridized carbons (Fsp3) is 0.302. The summed E-state index contributed by atoms with van der Waals surface area (Å²) in [5.74, 6) is 2.82. The minimum absolute atomic E-state index is 0. The Morgan fingerprint density at radius 2 is 1.16 bits per heavy atom. The van der Waals surface area contributed by atoms with Crippen molar-refractivity contribution < 1.29 is 9.53 Å². The van der Waals surface area contributed by atoms with E-state index in [0.717, 1.165) is 151 Å². The lowest BCUT2D eigenvalue weighted by molar-refractivity contribution is 0.112. The van der Waals surface area contributed by atoms with E-state index in [1.165, 1.54) is 11.1 Å². The van der Waals surface area contributed by atoms with Crippen molar-refractivity contribution in [3.63, 3.8) is 0 Å². The monoisotopic (exact) mass is 872 g/mol. The molecule has 5 aromatic carbocycles. The molecule has 3 aliphatic heterocycles. The van der Waals surface area contributed by atoms with Crippen LogP contribution < -0.4 is 19.9 Å². The Kier molecular flexibility index (Phi) is 12.7. The fourth-order valence-corrected chi connectivity index (χ4v) is 10.1. The van der Waals surface area contributed by atoms with Crippen molar-refractivity contribution in [2.45, 2.75) is 53.1 Å². The maximum atomic E-state index is 13.7. The van der Waals surface area contributed by atoms with Crippen LogP contribution >= 0.6 is 12.4 Å². The maximum Gasteiger partial charge on any atom is 0.152 e. The van der Waals surface area contributed by atoms with Crippen molar-refractivity contribution >= 4 is 41.4 Å². The quantitative estimate of drug-likeness (QED) is 0.0961. The third-order valence-electron chi connectivity index (χ3n) is 13.1. The van der Waals surface area contributed by atoms with Crippen LogP contribution in [0.2, 0.25) is 0 Å². The highest BCUT2D eigenvalue weighted by atomic mass is 35.5. The number of anilines is 4. The Morgan fingerprint density at radius 1 is 0.641 bits per heavy atom. The summed E-state index contributed by atoms with van der Waals surface area (Å²) in [5, 5.41) is 3.48. The lowest BCUT2D eigenvalue weighted by Gasteiger charge is -2.33. The van der Waals surface area contributed by atoms with Crippen LogP contribution in [0.5, 0.6) is 5.75 Å². The van der Waals surface area contributed by atoms with Crippen LogP contribution in [0, 0.1) is 20.8 Å². The summed E-state index contributed by atoms with van der Waals surface area (Å²) in [6.45, 7) is 14.8. The van der Waals surface area contributed by atoms with Crippen LogP contribution in [0.3, 0.4) is 0 Å². The smallest absolute Gasteiger partial charge is 0.152 e. The van der Waals surface area contributed by atoms with E-state index >= 15 is 0 Å². The highest BCUT2D eigenvalue weighted by molar-refractivity contribution is 5.97. The van der Waals surface area contributed by atoms with Gasteiger partial charge in [0.05, 0.1) is 52.1 Å². The van der Waals surface area contributed by atoms with Gasteiger partial charge in [-0.15, -0.1) is 12.4 Å². The molecule has 1 saturated heterocycles. The molecule has 1 N–H and O–H groups in total. The second kappa shape index (κ2) is 18.9. The average molecular weight is 874 g/mol. The summed E-state index contributed by atoms with van der Waals surface area (Å²) < 4.78 is 11.8. The van der Waals surface area contributed by atoms with Gasteiger partial charge in [-0.2, -0.15) is 0 Å². The molecule has 64 heavy (non-hydrogen) atoms. The molecule has 0 saturated carbocycles. The first-order chi connectivity index (χ1) is 31.0. The number of fused-ring (bicyclic) bond motifs is 6. The van der Waals surface area contributed by atoms with Crippen LogP contribution in [0.4, 0.5) is 22.7 Å². The number of nitrogens with zero attached hydrogens (tertiary/aromatic N) is 7. The van der Waals surface area contributed by atoms with Gasteiger partial charge in [-0.25, -0.2) is 9.97 Å². The summed E-state index contributed by atoms with van der Waals surface area (Å²) in [6.07, 6.45) is 3.40. The fourth-order valence-electron chi connectivity index (χ4n) is 10.1. The highest BCUT2D eigenvalue weighted by Crippen LogP contribution is 2.50. The number of halogens is 1. The molecule has 2 aromatic heterocycles. The molecule has 0 unspecified atom stereocenters. The largest absolute Gasteiger partial charge is 0.491 e. The molecule has 5 heterocycles. The number of benzene rings is 5. The predicted octanol–water partition coefficient (Wildman–Crippen LogP) is 9.73. The van der Waals surface area contributed by atoms with Gasteiger partial charge in [0.15, 0.2) is 6.29 Å². The molecule has 328 valence electrons. The van der Waals surface area contributed by atoms with Crippen molar-refractivity contribution in [3.8, 4) is 28.3 Å². The number of ether oxygens (including phenoxy) is 1. The first-order valence-electron chi connectivity index (χ1n) is 22.6. The first kappa shape index (κ1) is 43.1. The molecule has 1 fully saturated rings. The van der Waals surface area contributed by atoms with Crippen LogP contribution in [0.25, 0.3) is 22.5 Å². The zero-order valence-electron chi connectivity index (χ0n) is 37.1. The van der Waals surface area contributed by atoms with Gasteiger partial charge in [-0.1, -0.05) is 97.1 Å². The molecular weight excluding hydrogens is 816 g/mol. The summed E-state index contributed by atoms with van der Waals surface area (Å²) >= 11 is 0. The number of imidazole rings is 2. The molecular formula is C53H57ClN8O2. The van der Waals surface area contributed by atoms with Gasteiger partial charge in [0.25, 0.3) is 0 Å². The van der Waals surface area contributed by atoms with E-state index in [1.807, 2.05) is 0 Å². The van der Waals surface area contributed by atoms with Gasteiger partial charge in [-0.05, 0) is 56.5 Å². The number of hydrogen-bond donors (Lipinski definition) is 1. The van der Waals surface area contributed by atoms with Gasteiger partial charge in [0.1, 0.15) is 17.4 Å². The van der Waals surface area contributed by atoms with Crippen LogP contribution in [0.1, 0.15) is 56.5 Å². The highest BCUT2D eigenvalue weighted by Gasteiger charge is 2.33. The Hall–Kier alpha value is -6.20. The second-order valence-electron chi connectivity index (χ2n) is 17.1. The number of para-hydroxylation sites is 2. The lowest BCUT2D eigenvalue weighted by atomic mass is 10.0. The number of rotatable bonds is 12. The van der Waals surface area contributed by atoms with Crippen molar-refractivity contribution in [2.24, 2.45) is 0 Å². The molecule has 0 amide bonds. The number of aldehydes is 1. The van der Waals surface area contributed by atoms with Crippen molar-refractivity contribution in [2.75, 3.05) is 62.2 Å². The van der Waals surface area contributed by atoms with E-state index < -0.39 is 0 Å². The Balaban J connectivity index is 0.00000518. The predicted molar refractivity (Wildman–Crippen MR) is 261 cm³/mol. The van der Waals surface area contributed by atoms with Crippen molar-refractivity contribution in [3.05, 3.63) is 161 Å². The second-order valence-corrected chi connectivity index (χ2v) is 17.1. The van der Waals surface area contributed by atoms with Gasteiger partial charge in [0, 0.05) is 94.0 Å². The van der Waals surface area contributed by atoms with E-state index in [0.29, 0.717) is 25.3 Å². The van der Waals surface area contributed by atoms with E-state index in [2.05, 4.69) is 165 Å². The number of nitrogens with one attached hydrogen (secondary N) is 1. The Labute approximate surface area is 382 Å². The summed E-state index contributed by atoms with van der Waals surface area (Å²) in [4.78, 5) is 31.3. The number of carbonyl (C=O) groups excluding carboxylic acids is 1. The minimum Gasteiger partial charge on any atom is -0.491 e. The lowest BCUT2D eigenvalue weighted by Crippen LogP contribution is -2.44. The molecule has 7 aromatic rings. The molecule has 0 aliphatic carbocycles. The molecule has 10 rings (SSSR count). The van der Waals surface area contributed by atoms with E-state index in [9.17, 15) is 4.79 Å². The molecule has 0 spiro atoms. The zero-order valence-corrected chi connectivity index (χ0v) is 37.9. The Bertz CT molecular complexity index is 2760. The van der Waals surface area contributed by atoms with E-state index in [4.69, 9.17) is 14.7 Å². The van der Waals surface area contributed by atoms with Gasteiger partial charge in [0.2, 0.25) is 0 Å². The summed E-state index contributed by atoms with van der Waals surface area (Å²) in [7, 11) is 0. The topological polar surface area (TPSA) is 83.7 Å². The number of carbonyl (C=O) groups is 1. The number of hydrogen-bond acceptors (Lipinski definition) is 8. The summed E-state index contributed by atoms with van der Waals surface area (Å²) in [5.41, 5.74) is 14.7. The van der Waals surface area contributed by atoms with Crippen LogP contribution in [0.15, 0.2) is 115 Å². The average Bonchev–Trinajstić information content (AvgIpc) is 3.66. The zero-order chi connectivity index (χ0) is 42.9. The molecule has 0 radical (unpaired) electrons. The SMILES string of the molecule is Cc1c(OCCCN2CCNCC2)c(N2CCc3nc(C)n(Cc4ccccc4)c3-c3ccccc32)cc(C=O)c1N1CCc2nc(C)n(Cc3ccccc3)c2-c2ccccc21.Cl. The molecule has 3 aliphatic rings. The summed E-state index contributed by atoms with van der Waals surface area (Å²) in [6, 6.07) is 40.6. The molecule has 10 nitrogen and oxygen atoms in total.